The predicted octanol–water partition coefficient (Wildman–Crippen LogP) is 3.66. The van der Waals surface area contributed by atoms with E-state index >= 15 is 0 Å². The third-order valence-electron chi connectivity index (χ3n) is 3.47. The Morgan fingerprint density at radius 2 is 2.24 bits per heavy atom. The molecule has 2 rings (SSSR count). The third kappa shape index (κ3) is 3.03. The molecule has 0 radical (unpaired) electrons. The molecule has 94 valence electrons. The summed E-state index contributed by atoms with van der Waals surface area (Å²) in [5, 5.41) is 0.547. The maximum atomic E-state index is 5.95. The van der Waals surface area contributed by atoms with Crippen LogP contribution in [0.5, 0.6) is 5.88 Å². The van der Waals surface area contributed by atoms with Crippen LogP contribution in [0.25, 0.3) is 0 Å². The molecule has 0 spiro atoms. The van der Waals surface area contributed by atoms with Gasteiger partial charge in [-0.25, -0.2) is 4.98 Å². The molecule has 0 aliphatic heterocycles. The van der Waals surface area contributed by atoms with Crippen molar-refractivity contribution < 1.29 is 4.74 Å². The lowest BCUT2D eigenvalue weighted by Crippen LogP contribution is -2.30. The van der Waals surface area contributed by atoms with Crippen LogP contribution in [0.3, 0.4) is 0 Å². The molecule has 1 heterocycles. The Hall–Kier alpha value is -0.960. The molecule has 0 saturated heterocycles. The number of nitrogens with two attached hydrogens (primary N) is 1. The molecule has 0 aromatic carbocycles. The van der Waals surface area contributed by atoms with Crippen LogP contribution in [-0.2, 0) is 0 Å². The zero-order valence-electron chi connectivity index (χ0n) is 10.2. The highest BCUT2D eigenvalue weighted by Gasteiger charge is 2.26. The van der Waals surface area contributed by atoms with Gasteiger partial charge in [0.05, 0.1) is 10.7 Å². The van der Waals surface area contributed by atoms with Gasteiger partial charge in [0.15, 0.2) is 0 Å². The molecule has 0 amide bonds. The maximum Gasteiger partial charge on any atom is 0.237 e. The summed E-state index contributed by atoms with van der Waals surface area (Å²) in [4.78, 5) is 4.16. The lowest BCUT2D eigenvalue weighted by Gasteiger charge is -2.31. The molecule has 2 N–H and O–H groups in total. The van der Waals surface area contributed by atoms with Crippen LogP contribution >= 0.6 is 11.6 Å². The van der Waals surface area contributed by atoms with Crippen molar-refractivity contribution in [2.45, 2.75) is 45.1 Å². The summed E-state index contributed by atoms with van der Waals surface area (Å²) in [6.45, 7) is 2.21. The van der Waals surface area contributed by atoms with E-state index in [0.29, 0.717) is 22.5 Å². The van der Waals surface area contributed by atoms with Crippen LogP contribution < -0.4 is 10.5 Å². The van der Waals surface area contributed by atoms with Crippen molar-refractivity contribution in [2.75, 3.05) is 5.73 Å². The lowest BCUT2D eigenvalue weighted by molar-refractivity contribution is 0.0867. The second kappa shape index (κ2) is 5.58. The van der Waals surface area contributed by atoms with E-state index in [-0.39, 0.29) is 6.10 Å². The molecule has 3 nitrogen and oxygen atoms in total. The van der Waals surface area contributed by atoms with Crippen LogP contribution in [0.1, 0.15) is 39.0 Å². The molecular weight excluding hydrogens is 236 g/mol. The van der Waals surface area contributed by atoms with Crippen LogP contribution in [-0.4, -0.2) is 11.1 Å². The highest BCUT2D eigenvalue weighted by molar-refractivity contribution is 6.30. The van der Waals surface area contributed by atoms with Crippen molar-refractivity contribution in [1.82, 2.24) is 4.98 Å². The van der Waals surface area contributed by atoms with Gasteiger partial charge in [0.2, 0.25) is 5.88 Å². The number of nitrogens with zero attached hydrogens (tertiary/aromatic N) is 1. The van der Waals surface area contributed by atoms with E-state index in [1.165, 1.54) is 19.3 Å². The van der Waals surface area contributed by atoms with Crippen LogP contribution in [0, 0.1) is 5.92 Å². The molecule has 1 aliphatic carbocycles. The molecule has 1 aromatic rings. The van der Waals surface area contributed by atoms with E-state index in [2.05, 4.69) is 11.9 Å². The second-order valence-electron chi connectivity index (χ2n) is 4.66. The Morgan fingerprint density at radius 3 is 2.94 bits per heavy atom. The number of nitrogen functional groups attached to an aromatic ring is 1. The van der Waals surface area contributed by atoms with Gasteiger partial charge in [0.25, 0.3) is 0 Å². The van der Waals surface area contributed by atoms with Gasteiger partial charge in [0, 0.05) is 6.20 Å². The Morgan fingerprint density at radius 1 is 1.47 bits per heavy atom. The summed E-state index contributed by atoms with van der Waals surface area (Å²) in [5.74, 6) is 1.15. The lowest BCUT2D eigenvalue weighted by atomic mass is 9.85. The molecule has 1 aromatic heterocycles. The minimum atomic E-state index is 0.254. The molecular formula is C13H19ClN2O. The Bertz CT molecular complexity index is 384. The zero-order chi connectivity index (χ0) is 12.3. The summed E-state index contributed by atoms with van der Waals surface area (Å²) in [6.07, 6.45) is 7.87. The number of anilines is 1. The average molecular weight is 255 g/mol. The van der Waals surface area contributed by atoms with E-state index in [4.69, 9.17) is 22.1 Å². The fraction of sp³-hybridized carbons (Fsp3) is 0.615. The summed E-state index contributed by atoms with van der Waals surface area (Å²) >= 11 is 5.82. The number of pyridine rings is 1. The van der Waals surface area contributed by atoms with E-state index in [9.17, 15) is 0 Å². The van der Waals surface area contributed by atoms with E-state index < -0.39 is 0 Å². The first-order chi connectivity index (χ1) is 8.20. The van der Waals surface area contributed by atoms with Crippen molar-refractivity contribution in [2.24, 2.45) is 5.92 Å². The average Bonchev–Trinajstić information content (AvgIpc) is 2.33. The SMILES string of the molecule is CCC1CCCCC1Oc1ncc(Cl)cc1N. The highest BCUT2D eigenvalue weighted by Crippen LogP contribution is 2.32. The number of ether oxygens (including phenoxy) is 1. The molecule has 17 heavy (non-hydrogen) atoms. The number of hydrogen-bond acceptors (Lipinski definition) is 3. The minimum absolute atomic E-state index is 0.254. The van der Waals surface area contributed by atoms with E-state index in [1.807, 2.05) is 0 Å². The van der Waals surface area contributed by atoms with E-state index in [1.54, 1.807) is 12.3 Å². The molecule has 4 heteroatoms. The highest BCUT2D eigenvalue weighted by atomic mass is 35.5. The van der Waals surface area contributed by atoms with Gasteiger partial charge < -0.3 is 10.5 Å². The Kier molecular flexibility index (Phi) is 4.11. The molecule has 0 bridgehead atoms. The standard InChI is InChI=1S/C13H19ClN2O/c1-2-9-5-3-4-6-12(9)17-13-11(15)7-10(14)8-16-13/h7-9,12H,2-6,15H2,1H3. The summed E-state index contributed by atoms with van der Waals surface area (Å²) in [5.41, 5.74) is 6.38. The minimum Gasteiger partial charge on any atom is -0.473 e. The van der Waals surface area contributed by atoms with Crippen molar-refractivity contribution in [3.8, 4) is 5.88 Å². The Balaban J connectivity index is 2.08. The predicted molar refractivity (Wildman–Crippen MR) is 70.3 cm³/mol. The van der Waals surface area contributed by atoms with Gasteiger partial charge in [0.1, 0.15) is 6.10 Å². The fourth-order valence-corrected chi connectivity index (χ4v) is 2.65. The molecule has 1 saturated carbocycles. The molecule has 1 fully saturated rings. The van der Waals surface area contributed by atoms with Gasteiger partial charge in [-0.2, -0.15) is 0 Å². The first kappa shape index (κ1) is 12.5. The van der Waals surface area contributed by atoms with Gasteiger partial charge in [-0.1, -0.05) is 24.9 Å². The molecule has 1 aliphatic rings. The monoisotopic (exact) mass is 254 g/mol. The van der Waals surface area contributed by atoms with Crippen molar-refractivity contribution in [3.63, 3.8) is 0 Å². The number of hydrogen-bond donors (Lipinski definition) is 1. The van der Waals surface area contributed by atoms with Crippen molar-refractivity contribution in [1.29, 1.82) is 0 Å². The van der Waals surface area contributed by atoms with Gasteiger partial charge >= 0.3 is 0 Å². The first-order valence-corrected chi connectivity index (χ1v) is 6.66. The van der Waals surface area contributed by atoms with Crippen LogP contribution in [0.4, 0.5) is 5.69 Å². The van der Waals surface area contributed by atoms with Crippen LogP contribution in [0.2, 0.25) is 5.02 Å². The smallest absolute Gasteiger partial charge is 0.237 e. The summed E-state index contributed by atoms with van der Waals surface area (Å²) in [6, 6.07) is 1.69. The number of halogens is 1. The largest absolute Gasteiger partial charge is 0.473 e. The zero-order valence-corrected chi connectivity index (χ0v) is 10.9. The van der Waals surface area contributed by atoms with Gasteiger partial charge in [-0.3, -0.25) is 0 Å². The number of aromatic nitrogens is 1. The topological polar surface area (TPSA) is 48.1 Å². The first-order valence-electron chi connectivity index (χ1n) is 6.28. The Labute approximate surface area is 107 Å². The van der Waals surface area contributed by atoms with Gasteiger partial charge in [-0.05, 0) is 37.7 Å². The fourth-order valence-electron chi connectivity index (χ4n) is 2.48. The van der Waals surface area contributed by atoms with Crippen molar-refractivity contribution in [3.05, 3.63) is 17.3 Å². The third-order valence-corrected chi connectivity index (χ3v) is 3.68. The quantitative estimate of drug-likeness (QED) is 0.895. The molecule has 2 unspecified atom stereocenters. The second-order valence-corrected chi connectivity index (χ2v) is 5.09. The summed E-state index contributed by atoms with van der Waals surface area (Å²) in [7, 11) is 0. The van der Waals surface area contributed by atoms with Gasteiger partial charge in [-0.15, -0.1) is 0 Å². The number of rotatable bonds is 3. The van der Waals surface area contributed by atoms with Crippen LogP contribution in [0.15, 0.2) is 12.3 Å². The maximum absolute atomic E-state index is 5.95. The summed E-state index contributed by atoms with van der Waals surface area (Å²) < 4.78 is 5.95. The normalized spacial score (nSPS) is 24.6. The molecule has 2 atom stereocenters. The van der Waals surface area contributed by atoms with E-state index in [0.717, 1.165) is 12.8 Å². The van der Waals surface area contributed by atoms with Crippen molar-refractivity contribution >= 4 is 17.3 Å².